The van der Waals surface area contributed by atoms with Crippen LogP contribution >= 0.6 is 0 Å². The average molecular weight is 319 g/mol. The van der Waals surface area contributed by atoms with E-state index in [2.05, 4.69) is 10.4 Å². The molecular formula is C15H17N3O5. The number of rotatable bonds is 6. The summed E-state index contributed by atoms with van der Waals surface area (Å²) in [4.78, 5) is 23.0. The third-order valence-corrected chi connectivity index (χ3v) is 3.20. The highest BCUT2D eigenvalue weighted by molar-refractivity contribution is 5.95. The highest BCUT2D eigenvalue weighted by Crippen LogP contribution is 2.22. The Morgan fingerprint density at radius 3 is 2.26 bits per heavy atom. The highest BCUT2D eigenvalue weighted by Gasteiger charge is 2.16. The zero-order valence-corrected chi connectivity index (χ0v) is 13.0. The Bertz CT molecular complexity index is 716. The van der Waals surface area contributed by atoms with Crippen LogP contribution in [0.25, 0.3) is 0 Å². The van der Waals surface area contributed by atoms with Crippen LogP contribution in [0.3, 0.4) is 0 Å². The van der Waals surface area contributed by atoms with Crippen LogP contribution in [0.5, 0.6) is 11.5 Å². The van der Waals surface area contributed by atoms with Gasteiger partial charge in [0.25, 0.3) is 5.91 Å². The van der Waals surface area contributed by atoms with E-state index < -0.39 is 11.9 Å². The number of methoxy groups -OCH3 is 2. The van der Waals surface area contributed by atoms with Gasteiger partial charge >= 0.3 is 5.97 Å². The average Bonchev–Trinajstić information content (AvgIpc) is 2.94. The van der Waals surface area contributed by atoms with Crippen molar-refractivity contribution in [2.75, 3.05) is 14.2 Å². The number of hydrogen-bond acceptors (Lipinski definition) is 5. The molecule has 0 saturated carbocycles. The maximum atomic E-state index is 12.1. The molecule has 1 amide bonds. The van der Waals surface area contributed by atoms with Crippen LogP contribution in [-0.4, -0.2) is 41.0 Å². The van der Waals surface area contributed by atoms with Gasteiger partial charge in [0.1, 0.15) is 17.2 Å². The molecule has 0 aliphatic rings. The standard InChI is InChI=1S/C15H17N3O5/c1-18-13(15(20)21)7-12(17-18)14(19)16-8-9-4-10(22-2)6-11(5-9)23-3/h4-7H,8H2,1-3H3,(H,16,19)(H,20,21). The monoisotopic (exact) mass is 319 g/mol. The first-order chi connectivity index (χ1) is 10.9. The molecule has 1 aromatic carbocycles. The van der Waals surface area contributed by atoms with Gasteiger partial charge in [-0.05, 0) is 17.7 Å². The van der Waals surface area contributed by atoms with Crippen molar-refractivity contribution in [1.29, 1.82) is 0 Å². The molecule has 0 radical (unpaired) electrons. The van der Waals surface area contributed by atoms with Crippen LogP contribution in [0, 0.1) is 0 Å². The van der Waals surface area contributed by atoms with Gasteiger partial charge in [0.15, 0.2) is 5.69 Å². The lowest BCUT2D eigenvalue weighted by Crippen LogP contribution is -2.23. The van der Waals surface area contributed by atoms with Crippen molar-refractivity contribution in [3.63, 3.8) is 0 Å². The Labute approximate surface area is 132 Å². The lowest BCUT2D eigenvalue weighted by molar-refractivity contribution is 0.0684. The summed E-state index contributed by atoms with van der Waals surface area (Å²) in [6, 6.07) is 6.49. The van der Waals surface area contributed by atoms with Crippen LogP contribution in [0.1, 0.15) is 26.5 Å². The second-order valence-electron chi connectivity index (χ2n) is 4.75. The van der Waals surface area contributed by atoms with E-state index in [0.717, 1.165) is 10.2 Å². The van der Waals surface area contributed by atoms with E-state index >= 15 is 0 Å². The molecule has 0 spiro atoms. The second kappa shape index (κ2) is 6.82. The number of amides is 1. The number of nitrogens with zero attached hydrogens (tertiary/aromatic N) is 2. The van der Waals surface area contributed by atoms with E-state index in [4.69, 9.17) is 14.6 Å². The van der Waals surface area contributed by atoms with Gasteiger partial charge in [0, 0.05) is 25.7 Å². The van der Waals surface area contributed by atoms with Gasteiger partial charge in [0.2, 0.25) is 0 Å². The van der Waals surface area contributed by atoms with E-state index in [9.17, 15) is 9.59 Å². The van der Waals surface area contributed by atoms with Crippen molar-refractivity contribution in [3.8, 4) is 11.5 Å². The van der Waals surface area contributed by atoms with Crippen LogP contribution in [0.4, 0.5) is 0 Å². The molecule has 122 valence electrons. The minimum atomic E-state index is -1.14. The van der Waals surface area contributed by atoms with E-state index in [0.29, 0.717) is 11.5 Å². The first kappa shape index (κ1) is 16.3. The number of aryl methyl sites for hydroxylation is 1. The summed E-state index contributed by atoms with van der Waals surface area (Å²) in [6.45, 7) is 0.228. The van der Waals surface area contributed by atoms with E-state index in [1.807, 2.05) is 0 Å². The van der Waals surface area contributed by atoms with Gasteiger partial charge in [-0.25, -0.2) is 4.79 Å². The molecule has 8 nitrogen and oxygen atoms in total. The molecule has 1 aromatic heterocycles. The van der Waals surface area contributed by atoms with Crippen LogP contribution < -0.4 is 14.8 Å². The summed E-state index contributed by atoms with van der Waals surface area (Å²) in [5.74, 6) is -0.384. The number of carbonyl (C=O) groups excluding carboxylic acids is 1. The number of hydrogen-bond donors (Lipinski definition) is 2. The Morgan fingerprint density at radius 1 is 1.17 bits per heavy atom. The van der Waals surface area contributed by atoms with Crippen LogP contribution in [-0.2, 0) is 13.6 Å². The van der Waals surface area contributed by atoms with Gasteiger partial charge in [-0.3, -0.25) is 9.48 Å². The van der Waals surface area contributed by atoms with Gasteiger partial charge < -0.3 is 19.9 Å². The highest BCUT2D eigenvalue weighted by atomic mass is 16.5. The summed E-state index contributed by atoms with van der Waals surface area (Å²) in [5.41, 5.74) is 0.766. The Balaban J connectivity index is 2.10. The molecule has 1 heterocycles. The SMILES string of the molecule is COc1cc(CNC(=O)c2cc(C(=O)O)n(C)n2)cc(OC)c1. The maximum Gasteiger partial charge on any atom is 0.354 e. The number of carboxylic acids is 1. The molecule has 0 atom stereocenters. The minimum Gasteiger partial charge on any atom is -0.497 e. The molecule has 2 rings (SSSR count). The summed E-state index contributed by atoms with van der Waals surface area (Å²) in [7, 11) is 4.55. The third-order valence-electron chi connectivity index (χ3n) is 3.20. The van der Waals surface area contributed by atoms with Gasteiger partial charge in [-0.1, -0.05) is 0 Å². The molecule has 0 aliphatic heterocycles. The summed E-state index contributed by atoms with van der Waals surface area (Å²) in [6.07, 6.45) is 0. The number of benzene rings is 1. The van der Waals surface area contributed by atoms with Crippen molar-refractivity contribution in [2.24, 2.45) is 7.05 Å². The number of nitrogens with one attached hydrogen (secondary N) is 1. The number of carboxylic acid groups (broad SMARTS) is 1. The topological polar surface area (TPSA) is 103 Å². The zero-order chi connectivity index (χ0) is 17.0. The Kier molecular flexibility index (Phi) is 4.85. The largest absolute Gasteiger partial charge is 0.497 e. The lowest BCUT2D eigenvalue weighted by atomic mass is 10.2. The zero-order valence-electron chi connectivity index (χ0n) is 13.0. The van der Waals surface area contributed by atoms with E-state index in [1.54, 1.807) is 32.4 Å². The van der Waals surface area contributed by atoms with Crippen molar-refractivity contribution < 1.29 is 24.2 Å². The van der Waals surface area contributed by atoms with Gasteiger partial charge in [0.05, 0.1) is 14.2 Å². The molecule has 2 aromatic rings. The molecule has 0 fully saturated rings. The number of ether oxygens (including phenoxy) is 2. The molecule has 8 heteroatoms. The summed E-state index contributed by atoms with van der Waals surface area (Å²) >= 11 is 0. The summed E-state index contributed by atoms with van der Waals surface area (Å²) in [5, 5.41) is 15.5. The van der Waals surface area contributed by atoms with Gasteiger partial charge in [-0.2, -0.15) is 5.10 Å². The second-order valence-corrected chi connectivity index (χ2v) is 4.75. The van der Waals surface area contributed by atoms with Crippen molar-refractivity contribution in [3.05, 3.63) is 41.2 Å². The number of carbonyl (C=O) groups is 2. The molecular weight excluding hydrogens is 302 g/mol. The molecule has 0 saturated heterocycles. The number of aromatic carboxylic acids is 1. The predicted octanol–water partition coefficient (Wildman–Crippen LogP) is 1.07. The van der Waals surface area contributed by atoms with E-state index in [-0.39, 0.29) is 17.9 Å². The predicted molar refractivity (Wildman–Crippen MR) is 80.9 cm³/mol. The fourth-order valence-corrected chi connectivity index (χ4v) is 2.02. The van der Waals surface area contributed by atoms with Crippen LogP contribution in [0.15, 0.2) is 24.3 Å². The maximum absolute atomic E-state index is 12.1. The fraction of sp³-hybridized carbons (Fsp3) is 0.267. The van der Waals surface area contributed by atoms with Crippen molar-refractivity contribution >= 4 is 11.9 Å². The molecule has 2 N–H and O–H groups in total. The molecule has 23 heavy (non-hydrogen) atoms. The smallest absolute Gasteiger partial charge is 0.354 e. The first-order valence-electron chi connectivity index (χ1n) is 6.72. The number of aromatic nitrogens is 2. The third kappa shape index (κ3) is 3.79. The van der Waals surface area contributed by atoms with Crippen LogP contribution in [0.2, 0.25) is 0 Å². The van der Waals surface area contributed by atoms with E-state index in [1.165, 1.54) is 13.1 Å². The van der Waals surface area contributed by atoms with Crippen molar-refractivity contribution in [1.82, 2.24) is 15.1 Å². The quantitative estimate of drug-likeness (QED) is 0.825. The summed E-state index contributed by atoms with van der Waals surface area (Å²) < 4.78 is 11.5. The normalized spacial score (nSPS) is 10.2. The Hall–Kier alpha value is -3.03. The molecule has 0 unspecified atom stereocenters. The molecule has 0 bridgehead atoms. The Morgan fingerprint density at radius 2 is 1.78 bits per heavy atom. The van der Waals surface area contributed by atoms with Gasteiger partial charge in [-0.15, -0.1) is 0 Å². The minimum absolute atomic E-state index is 0.0414. The fourth-order valence-electron chi connectivity index (χ4n) is 2.02. The van der Waals surface area contributed by atoms with Crippen molar-refractivity contribution in [2.45, 2.75) is 6.54 Å². The lowest BCUT2D eigenvalue weighted by Gasteiger charge is -2.09. The first-order valence-corrected chi connectivity index (χ1v) is 6.72. The molecule has 0 aliphatic carbocycles.